The topological polar surface area (TPSA) is 67.6 Å². The number of nitrogens with one attached hydrogen (secondary N) is 1. The highest BCUT2D eigenvalue weighted by Crippen LogP contribution is 2.17. The third-order valence-corrected chi connectivity index (χ3v) is 3.19. The predicted octanol–water partition coefficient (Wildman–Crippen LogP) is 1.77. The Kier molecular flexibility index (Phi) is 8.57. The molecule has 1 atom stereocenters. The second-order valence-electron chi connectivity index (χ2n) is 4.40. The Hall–Kier alpha value is -1.01. The van der Waals surface area contributed by atoms with Gasteiger partial charge in [0, 0.05) is 13.1 Å². The highest BCUT2D eigenvalue weighted by molar-refractivity contribution is 5.97. The molecule has 5 nitrogen and oxygen atoms in total. The lowest BCUT2D eigenvalue weighted by Gasteiger charge is -2.31. The monoisotopic (exact) mass is 321 g/mol. The molecule has 1 aromatic carbocycles. The van der Waals surface area contributed by atoms with E-state index in [0.717, 1.165) is 13.1 Å². The average molecular weight is 322 g/mol. The summed E-state index contributed by atoms with van der Waals surface area (Å²) in [6.45, 7) is 4.85. The average Bonchev–Trinajstić information content (AvgIpc) is 2.41. The number of nitrogens with zero attached hydrogens (tertiary/aromatic N) is 1. The predicted molar refractivity (Wildman–Crippen MR) is 85.8 cm³/mol. The molecule has 2 rings (SSSR count). The summed E-state index contributed by atoms with van der Waals surface area (Å²) in [5, 5.41) is 2.86. The Labute approximate surface area is 131 Å². The first kappa shape index (κ1) is 19.0. The van der Waals surface area contributed by atoms with Crippen LogP contribution in [0.1, 0.15) is 6.92 Å². The van der Waals surface area contributed by atoms with Crippen LogP contribution in [-0.4, -0.2) is 43.2 Å². The quantitative estimate of drug-likeness (QED) is 0.833. The van der Waals surface area contributed by atoms with Crippen molar-refractivity contribution in [2.24, 2.45) is 0 Å². The highest BCUT2D eigenvalue weighted by atomic mass is 35.5. The minimum Gasteiger partial charge on any atom is -0.397 e. The fourth-order valence-electron chi connectivity index (χ4n) is 1.98. The van der Waals surface area contributed by atoms with Crippen LogP contribution < -0.4 is 11.1 Å². The number of nitrogen functional groups attached to an aromatic ring is 1. The highest BCUT2D eigenvalue weighted by Gasteiger charge is 2.23. The van der Waals surface area contributed by atoms with Crippen LogP contribution >= 0.6 is 24.8 Å². The van der Waals surface area contributed by atoms with Crippen molar-refractivity contribution in [3.8, 4) is 0 Å². The zero-order chi connectivity index (χ0) is 13.0. The molecule has 114 valence electrons. The molecule has 0 aromatic heterocycles. The number of halogens is 2. The minimum atomic E-state index is -0.173. The zero-order valence-corrected chi connectivity index (χ0v) is 13.0. The number of ether oxygens (including phenoxy) is 1. The molecule has 20 heavy (non-hydrogen) atoms. The van der Waals surface area contributed by atoms with Crippen molar-refractivity contribution >= 4 is 42.1 Å². The first-order valence-electron chi connectivity index (χ1n) is 6.15. The fourth-order valence-corrected chi connectivity index (χ4v) is 1.98. The number of anilines is 2. The van der Waals surface area contributed by atoms with Crippen molar-refractivity contribution in [3.05, 3.63) is 24.3 Å². The summed E-state index contributed by atoms with van der Waals surface area (Å²) >= 11 is 0. The molecule has 0 spiro atoms. The van der Waals surface area contributed by atoms with Crippen LogP contribution in [0.5, 0.6) is 0 Å². The first-order chi connectivity index (χ1) is 8.68. The van der Waals surface area contributed by atoms with Gasteiger partial charge < -0.3 is 15.8 Å². The standard InChI is InChI=1S/C13H19N3O2.2ClH/c1-10(16-6-8-18-9-7-16)13(17)15-12-5-3-2-4-11(12)14;;/h2-5,10H,6-9,14H2,1H3,(H,15,17);2*1H. The van der Waals surface area contributed by atoms with E-state index in [0.29, 0.717) is 24.6 Å². The van der Waals surface area contributed by atoms with Gasteiger partial charge in [0.25, 0.3) is 0 Å². The van der Waals surface area contributed by atoms with Crippen molar-refractivity contribution in [1.29, 1.82) is 0 Å². The Morgan fingerprint density at radius 2 is 1.90 bits per heavy atom. The van der Waals surface area contributed by atoms with Gasteiger partial charge in [-0.15, -0.1) is 24.8 Å². The van der Waals surface area contributed by atoms with Gasteiger partial charge in [-0.1, -0.05) is 12.1 Å². The molecule has 1 saturated heterocycles. The largest absolute Gasteiger partial charge is 0.397 e. The van der Waals surface area contributed by atoms with Crippen molar-refractivity contribution < 1.29 is 9.53 Å². The van der Waals surface area contributed by atoms with E-state index in [4.69, 9.17) is 10.5 Å². The second-order valence-corrected chi connectivity index (χ2v) is 4.40. The molecule has 3 N–H and O–H groups in total. The fraction of sp³-hybridized carbons (Fsp3) is 0.462. The molecule has 0 radical (unpaired) electrons. The van der Waals surface area contributed by atoms with E-state index in [1.54, 1.807) is 12.1 Å². The summed E-state index contributed by atoms with van der Waals surface area (Å²) in [5.41, 5.74) is 7.05. The SMILES string of the molecule is CC(C(=O)Nc1ccccc1N)N1CCOCC1.Cl.Cl. The van der Waals surface area contributed by atoms with Gasteiger partial charge in [-0.25, -0.2) is 0 Å². The van der Waals surface area contributed by atoms with E-state index < -0.39 is 0 Å². The van der Waals surface area contributed by atoms with E-state index in [-0.39, 0.29) is 36.8 Å². The lowest BCUT2D eigenvalue weighted by Crippen LogP contribution is -2.47. The second kappa shape index (κ2) is 9.02. The lowest BCUT2D eigenvalue weighted by atomic mass is 10.2. The summed E-state index contributed by atoms with van der Waals surface area (Å²) in [7, 11) is 0. The van der Waals surface area contributed by atoms with Gasteiger partial charge in [0.05, 0.1) is 30.6 Å². The summed E-state index contributed by atoms with van der Waals surface area (Å²) in [4.78, 5) is 14.2. The molecule has 1 aromatic rings. The van der Waals surface area contributed by atoms with Gasteiger partial charge in [0.1, 0.15) is 0 Å². The van der Waals surface area contributed by atoms with Gasteiger partial charge in [0.2, 0.25) is 5.91 Å². The van der Waals surface area contributed by atoms with Crippen molar-refractivity contribution in [2.75, 3.05) is 37.4 Å². The van der Waals surface area contributed by atoms with Crippen LogP contribution in [0.4, 0.5) is 11.4 Å². The number of morpholine rings is 1. The molecule has 1 aliphatic rings. The maximum atomic E-state index is 12.1. The summed E-state index contributed by atoms with van der Waals surface area (Å²) in [6.07, 6.45) is 0. The number of carbonyl (C=O) groups is 1. The van der Waals surface area contributed by atoms with Crippen LogP contribution in [0.25, 0.3) is 0 Å². The third kappa shape index (κ3) is 4.83. The minimum absolute atomic E-state index is 0. The van der Waals surface area contributed by atoms with Gasteiger partial charge in [-0.05, 0) is 19.1 Å². The maximum Gasteiger partial charge on any atom is 0.241 e. The Morgan fingerprint density at radius 3 is 2.50 bits per heavy atom. The van der Waals surface area contributed by atoms with Crippen LogP contribution in [0.2, 0.25) is 0 Å². The number of benzene rings is 1. The van der Waals surface area contributed by atoms with Crippen LogP contribution in [-0.2, 0) is 9.53 Å². The Bertz CT molecular complexity index is 426. The van der Waals surface area contributed by atoms with Crippen LogP contribution in [0.3, 0.4) is 0 Å². The molecule has 7 heteroatoms. The van der Waals surface area contributed by atoms with Gasteiger partial charge in [0.15, 0.2) is 0 Å². The number of rotatable bonds is 3. The first-order valence-corrected chi connectivity index (χ1v) is 6.15. The Balaban J connectivity index is 0.00000180. The van der Waals surface area contributed by atoms with E-state index >= 15 is 0 Å². The molecule has 0 bridgehead atoms. The molecule has 0 saturated carbocycles. The van der Waals surface area contributed by atoms with Crippen LogP contribution in [0, 0.1) is 0 Å². The van der Waals surface area contributed by atoms with E-state index in [9.17, 15) is 4.79 Å². The lowest BCUT2D eigenvalue weighted by molar-refractivity contribution is -0.122. The number of amides is 1. The van der Waals surface area contributed by atoms with Gasteiger partial charge in [-0.2, -0.15) is 0 Å². The van der Waals surface area contributed by atoms with Crippen molar-refractivity contribution in [3.63, 3.8) is 0 Å². The van der Waals surface area contributed by atoms with E-state index in [1.807, 2.05) is 19.1 Å². The molecule has 1 amide bonds. The number of hydrogen-bond acceptors (Lipinski definition) is 4. The summed E-state index contributed by atoms with van der Waals surface area (Å²) in [6, 6.07) is 7.10. The van der Waals surface area contributed by atoms with E-state index in [2.05, 4.69) is 10.2 Å². The molecule has 1 fully saturated rings. The number of hydrogen-bond donors (Lipinski definition) is 2. The normalized spacial score (nSPS) is 16.4. The van der Waals surface area contributed by atoms with Gasteiger partial charge in [-0.3, -0.25) is 9.69 Å². The Morgan fingerprint density at radius 1 is 1.30 bits per heavy atom. The molecule has 1 heterocycles. The zero-order valence-electron chi connectivity index (χ0n) is 11.4. The molecular formula is C13H21Cl2N3O2. The number of para-hydroxylation sites is 2. The summed E-state index contributed by atoms with van der Waals surface area (Å²) < 4.78 is 5.27. The molecule has 1 unspecified atom stereocenters. The van der Waals surface area contributed by atoms with Crippen molar-refractivity contribution in [2.45, 2.75) is 13.0 Å². The summed E-state index contributed by atoms with van der Waals surface area (Å²) in [5.74, 6) is -0.0326. The van der Waals surface area contributed by atoms with E-state index in [1.165, 1.54) is 0 Å². The third-order valence-electron chi connectivity index (χ3n) is 3.19. The van der Waals surface area contributed by atoms with Gasteiger partial charge >= 0.3 is 0 Å². The maximum absolute atomic E-state index is 12.1. The number of nitrogens with two attached hydrogens (primary N) is 1. The molecular weight excluding hydrogens is 301 g/mol. The smallest absolute Gasteiger partial charge is 0.241 e. The number of carbonyl (C=O) groups excluding carboxylic acids is 1. The molecule has 1 aliphatic heterocycles. The molecule has 0 aliphatic carbocycles. The van der Waals surface area contributed by atoms with Crippen LogP contribution in [0.15, 0.2) is 24.3 Å². The van der Waals surface area contributed by atoms with Crippen molar-refractivity contribution in [1.82, 2.24) is 4.90 Å².